The predicted octanol–water partition coefficient (Wildman–Crippen LogP) is -0.863. The van der Waals surface area contributed by atoms with Crippen LogP contribution in [0.5, 0.6) is 0 Å². The van der Waals surface area contributed by atoms with E-state index in [1.54, 1.807) is 4.90 Å². The molecule has 4 N–H and O–H groups in total. The summed E-state index contributed by atoms with van der Waals surface area (Å²) < 4.78 is 0. The summed E-state index contributed by atoms with van der Waals surface area (Å²) in [6, 6.07) is -0.0543. The highest BCUT2D eigenvalue weighted by Gasteiger charge is 2.20. The van der Waals surface area contributed by atoms with Gasteiger partial charge in [-0.15, -0.1) is 0 Å². The highest BCUT2D eigenvalue weighted by molar-refractivity contribution is 5.74. The Balaban J connectivity index is 2.17. The minimum Gasteiger partial charge on any atom is -0.481 e. The van der Waals surface area contributed by atoms with Gasteiger partial charge in [-0.1, -0.05) is 0 Å². The summed E-state index contributed by atoms with van der Waals surface area (Å²) in [6.45, 7) is 4.49. The predicted molar refractivity (Wildman–Crippen MR) is 67.3 cm³/mol. The minimum atomic E-state index is -0.781. The Morgan fingerprint density at radius 3 is 2.44 bits per heavy atom. The van der Waals surface area contributed by atoms with E-state index in [1.165, 1.54) is 0 Å². The van der Waals surface area contributed by atoms with Gasteiger partial charge in [-0.3, -0.25) is 9.69 Å². The van der Waals surface area contributed by atoms with Crippen LogP contribution in [0.2, 0.25) is 0 Å². The maximum atomic E-state index is 11.7. The molecule has 7 heteroatoms. The van der Waals surface area contributed by atoms with Gasteiger partial charge in [0.05, 0.1) is 6.42 Å². The zero-order chi connectivity index (χ0) is 13.4. The summed E-state index contributed by atoms with van der Waals surface area (Å²) in [5.74, 6) is -0.781. The summed E-state index contributed by atoms with van der Waals surface area (Å²) in [4.78, 5) is 26.0. The summed E-state index contributed by atoms with van der Waals surface area (Å²) >= 11 is 0. The van der Waals surface area contributed by atoms with E-state index in [2.05, 4.69) is 10.2 Å². The van der Waals surface area contributed by atoms with Crippen LogP contribution in [0.15, 0.2) is 0 Å². The number of hydrogen-bond acceptors (Lipinski definition) is 4. The fourth-order valence-corrected chi connectivity index (χ4v) is 1.84. The number of carbonyl (C=O) groups is 2. The van der Waals surface area contributed by atoms with E-state index in [4.69, 9.17) is 10.8 Å². The number of piperazine rings is 1. The zero-order valence-corrected chi connectivity index (χ0v) is 10.6. The number of rotatable bonds is 6. The Bertz CT molecular complexity index is 277. The lowest BCUT2D eigenvalue weighted by Gasteiger charge is -2.34. The van der Waals surface area contributed by atoms with E-state index >= 15 is 0 Å². The lowest BCUT2D eigenvalue weighted by molar-refractivity contribution is -0.137. The van der Waals surface area contributed by atoms with Crippen LogP contribution in [-0.2, 0) is 4.79 Å². The highest BCUT2D eigenvalue weighted by Crippen LogP contribution is 2.02. The Hall–Kier alpha value is -1.34. The molecular weight excluding hydrogens is 236 g/mol. The number of carboxylic acids is 1. The van der Waals surface area contributed by atoms with Crippen LogP contribution in [0, 0.1) is 0 Å². The van der Waals surface area contributed by atoms with Gasteiger partial charge in [-0.25, -0.2) is 4.79 Å². The Kier molecular flexibility index (Phi) is 6.45. The third-order valence-corrected chi connectivity index (χ3v) is 2.96. The Morgan fingerprint density at radius 1 is 1.22 bits per heavy atom. The lowest BCUT2D eigenvalue weighted by atomic mass is 10.3. The molecule has 0 aromatic rings. The molecule has 1 aliphatic heterocycles. The number of urea groups is 1. The molecule has 0 aliphatic carbocycles. The summed E-state index contributed by atoms with van der Waals surface area (Å²) in [7, 11) is 0. The second-order valence-electron chi connectivity index (χ2n) is 4.35. The van der Waals surface area contributed by atoms with Gasteiger partial charge in [0.2, 0.25) is 0 Å². The molecule has 1 aliphatic rings. The molecule has 0 aromatic carbocycles. The second kappa shape index (κ2) is 7.88. The van der Waals surface area contributed by atoms with Gasteiger partial charge in [0, 0.05) is 39.3 Å². The first-order chi connectivity index (χ1) is 8.63. The standard InChI is InChI=1S/C11H22N4O3/c12-3-1-4-13-11(18)15-8-6-14(7-9-15)5-2-10(16)17/h1-9,12H2,(H,13,18)(H,16,17). The molecule has 1 saturated heterocycles. The monoisotopic (exact) mass is 258 g/mol. The van der Waals surface area contributed by atoms with Gasteiger partial charge in [0.15, 0.2) is 0 Å². The molecule has 0 atom stereocenters. The molecule has 1 rings (SSSR count). The van der Waals surface area contributed by atoms with Crippen molar-refractivity contribution in [3.05, 3.63) is 0 Å². The van der Waals surface area contributed by atoms with Crippen LogP contribution < -0.4 is 11.1 Å². The number of amides is 2. The van der Waals surface area contributed by atoms with Crippen molar-refractivity contribution in [3.8, 4) is 0 Å². The highest BCUT2D eigenvalue weighted by atomic mass is 16.4. The third-order valence-electron chi connectivity index (χ3n) is 2.96. The van der Waals surface area contributed by atoms with Crippen molar-refractivity contribution in [1.82, 2.24) is 15.1 Å². The number of hydrogen-bond donors (Lipinski definition) is 3. The van der Waals surface area contributed by atoms with Crippen molar-refractivity contribution in [3.63, 3.8) is 0 Å². The van der Waals surface area contributed by atoms with Gasteiger partial charge in [0.25, 0.3) is 0 Å². The topological polar surface area (TPSA) is 98.9 Å². The molecule has 18 heavy (non-hydrogen) atoms. The van der Waals surface area contributed by atoms with Crippen molar-refractivity contribution in [2.24, 2.45) is 5.73 Å². The molecule has 0 radical (unpaired) electrons. The van der Waals surface area contributed by atoms with Gasteiger partial charge in [-0.05, 0) is 13.0 Å². The molecule has 0 aromatic heterocycles. The number of carboxylic acid groups (broad SMARTS) is 1. The molecule has 0 spiro atoms. The molecule has 2 amide bonds. The number of aliphatic carboxylic acids is 1. The second-order valence-corrected chi connectivity index (χ2v) is 4.35. The van der Waals surface area contributed by atoms with Crippen LogP contribution in [0.4, 0.5) is 4.79 Å². The van der Waals surface area contributed by atoms with E-state index in [1.807, 2.05) is 0 Å². The molecule has 104 valence electrons. The number of nitrogens with one attached hydrogen (secondary N) is 1. The van der Waals surface area contributed by atoms with Crippen LogP contribution in [0.3, 0.4) is 0 Å². The zero-order valence-electron chi connectivity index (χ0n) is 10.6. The summed E-state index contributed by atoms with van der Waals surface area (Å²) in [5.41, 5.74) is 5.35. The molecule has 0 unspecified atom stereocenters. The van der Waals surface area contributed by atoms with Crippen molar-refractivity contribution in [2.75, 3.05) is 45.8 Å². The number of nitrogens with two attached hydrogens (primary N) is 1. The maximum absolute atomic E-state index is 11.7. The fraction of sp³-hybridized carbons (Fsp3) is 0.818. The average Bonchev–Trinajstić information content (AvgIpc) is 2.37. The summed E-state index contributed by atoms with van der Waals surface area (Å²) in [5, 5.41) is 11.4. The molecule has 1 fully saturated rings. The van der Waals surface area contributed by atoms with Crippen LogP contribution >= 0.6 is 0 Å². The molecular formula is C11H22N4O3. The van der Waals surface area contributed by atoms with E-state index in [0.717, 1.165) is 19.5 Å². The first kappa shape index (κ1) is 14.7. The average molecular weight is 258 g/mol. The van der Waals surface area contributed by atoms with E-state index < -0.39 is 5.97 Å². The summed E-state index contributed by atoms with van der Waals surface area (Å²) in [6.07, 6.45) is 0.938. The molecule has 0 saturated carbocycles. The SMILES string of the molecule is NCCCNC(=O)N1CCN(CCC(=O)O)CC1. The largest absolute Gasteiger partial charge is 0.481 e. The van der Waals surface area contributed by atoms with Crippen molar-refractivity contribution >= 4 is 12.0 Å². The van der Waals surface area contributed by atoms with Crippen LogP contribution in [0.1, 0.15) is 12.8 Å². The van der Waals surface area contributed by atoms with Crippen LogP contribution in [0.25, 0.3) is 0 Å². The molecule has 1 heterocycles. The normalized spacial score (nSPS) is 16.6. The molecule has 0 bridgehead atoms. The van der Waals surface area contributed by atoms with Crippen LogP contribution in [-0.4, -0.2) is 72.7 Å². The third kappa shape index (κ3) is 5.33. The number of nitrogens with zero attached hydrogens (tertiary/aromatic N) is 2. The van der Waals surface area contributed by atoms with E-state index in [9.17, 15) is 9.59 Å². The van der Waals surface area contributed by atoms with Crippen molar-refractivity contribution in [1.29, 1.82) is 0 Å². The number of carbonyl (C=O) groups excluding carboxylic acids is 1. The first-order valence-electron chi connectivity index (χ1n) is 6.30. The fourth-order valence-electron chi connectivity index (χ4n) is 1.84. The quantitative estimate of drug-likeness (QED) is 0.538. The van der Waals surface area contributed by atoms with Gasteiger partial charge >= 0.3 is 12.0 Å². The smallest absolute Gasteiger partial charge is 0.317 e. The van der Waals surface area contributed by atoms with Gasteiger partial charge < -0.3 is 21.1 Å². The first-order valence-corrected chi connectivity index (χ1v) is 6.30. The molecule has 7 nitrogen and oxygen atoms in total. The van der Waals surface area contributed by atoms with E-state index in [-0.39, 0.29) is 12.5 Å². The lowest BCUT2D eigenvalue weighted by Crippen LogP contribution is -2.52. The minimum absolute atomic E-state index is 0.0543. The Morgan fingerprint density at radius 2 is 1.89 bits per heavy atom. The van der Waals surface area contributed by atoms with Gasteiger partial charge in [0.1, 0.15) is 0 Å². The van der Waals surface area contributed by atoms with E-state index in [0.29, 0.717) is 32.7 Å². The maximum Gasteiger partial charge on any atom is 0.317 e. The van der Waals surface area contributed by atoms with Gasteiger partial charge in [-0.2, -0.15) is 0 Å². The Labute approximate surface area is 107 Å². The van der Waals surface area contributed by atoms with Crippen molar-refractivity contribution in [2.45, 2.75) is 12.8 Å². The van der Waals surface area contributed by atoms with Crippen molar-refractivity contribution < 1.29 is 14.7 Å².